The lowest BCUT2D eigenvalue weighted by Crippen LogP contribution is -1.96. The maximum atomic E-state index is 5.24. The topological polar surface area (TPSA) is 58.9 Å². The van der Waals surface area contributed by atoms with Crippen molar-refractivity contribution in [2.24, 2.45) is 5.10 Å². The van der Waals surface area contributed by atoms with Crippen molar-refractivity contribution >= 4 is 24.5 Å². The Morgan fingerprint density at radius 2 is 1.96 bits per heavy atom. The third kappa shape index (κ3) is 3.67. The minimum Gasteiger partial charge on any atom is -0.253 e. The highest BCUT2D eigenvalue weighted by atomic mass is 32.1. The van der Waals surface area contributed by atoms with Crippen LogP contribution in [-0.2, 0) is 0 Å². The summed E-state index contributed by atoms with van der Waals surface area (Å²) in [5.41, 5.74) is 2.84. The molecule has 0 aliphatic carbocycles. The molecule has 23 heavy (non-hydrogen) atoms. The van der Waals surface area contributed by atoms with Gasteiger partial charge in [-0.2, -0.15) is 14.9 Å². The van der Waals surface area contributed by atoms with Crippen molar-refractivity contribution in [1.82, 2.24) is 19.9 Å². The van der Waals surface area contributed by atoms with Gasteiger partial charge in [-0.1, -0.05) is 42.5 Å². The van der Waals surface area contributed by atoms with E-state index in [1.807, 2.05) is 61.5 Å². The van der Waals surface area contributed by atoms with Gasteiger partial charge < -0.3 is 0 Å². The molecule has 2 aromatic heterocycles. The number of pyridine rings is 1. The van der Waals surface area contributed by atoms with Crippen molar-refractivity contribution in [1.29, 1.82) is 0 Å². The molecule has 1 aromatic carbocycles. The van der Waals surface area contributed by atoms with Crippen LogP contribution >= 0.6 is 12.2 Å². The van der Waals surface area contributed by atoms with Gasteiger partial charge in [0.25, 0.3) is 0 Å². The number of H-pyrrole nitrogens is 1. The van der Waals surface area contributed by atoms with Crippen LogP contribution in [-0.4, -0.2) is 26.1 Å². The highest BCUT2D eigenvalue weighted by molar-refractivity contribution is 7.71. The van der Waals surface area contributed by atoms with Gasteiger partial charge in [0.1, 0.15) is 5.69 Å². The minimum atomic E-state index is 0.425. The lowest BCUT2D eigenvalue weighted by atomic mass is 10.1. The van der Waals surface area contributed by atoms with E-state index in [0.717, 1.165) is 11.1 Å². The summed E-state index contributed by atoms with van der Waals surface area (Å²) in [6.45, 7) is 1.99. The molecule has 3 aromatic rings. The van der Waals surface area contributed by atoms with Crippen LogP contribution in [0.5, 0.6) is 0 Å². The molecule has 0 aliphatic heterocycles. The predicted molar refractivity (Wildman–Crippen MR) is 94.6 cm³/mol. The van der Waals surface area contributed by atoms with Gasteiger partial charge in [0.2, 0.25) is 10.6 Å². The summed E-state index contributed by atoms with van der Waals surface area (Å²) in [4.78, 5) is 4.28. The maximum Gasteiger partial charge on any atom is 0.216 e. The standard InChI is InChI=1S/C17H15N5S/c1-13(11-14-7-3-2-4-8-14)12-19-22-16(20-21-17(22)23)15-9-5-6-10-18-15/h2-12H,1H3,(H,21,23)/b13-11?,19-12-. The van der Waals surface area contributed by atoms with Crippen LogP contribution in [0.2, 0.25) is 0 Å². The number of nitrogens with one attached hydrogen (secondary N) is 1. The molecule has 3 rings (SSSR count). The van der Waals surface area contributed by atoms with Gasteiger partial charge in [-0.05, 0) is 42.4 Å². The predicted octanol–water partition coefficient (Wildman–Crippen LogP) is 3.94. The van der Waals surface area contributed by atoms with Crippen molar-refractivity contribution in [3.63, 3.8) is 0 Å². The molecule has 5 nitrogen and oxygen atoms in total. The van der Waals surface area contributed by atoms with Crippen molar-refractivity contribution in [3.8, 4) is 11.5 Å². The lowest BCUT2D eigenvalue weighted by molar-refractivity contribution is 0.867. The largest absolute Gasteiger partial charge is 0.253 e. The van der Waals surface area contributed by atoms with E-state index in [2.05, 4.69) is 20.3 Å². The van der Waals surface area contributed by atoms with Crippen LogP contribution in [0.15, 0.2) is 65.4 Å². The summed E-state index contributed by atoms with van der Waals surface area (Å²) in [6, 6.07) is 15.7. The van der Waals surface area contributed by atoms with Gasteiger partial charge in [0.15, 0.2) is 0 Å². The van der Waals surface area contributed by atoms with Gasteiger partial charge in [0.05, 0.1) is 6.21 Å². The molecular formula is C17H15N5S. The molecule has 2 heterocycles. The molecule has 6 heteroatoms. The van der Waals surface area contributed by atoms with Crippen LogP contribution in [0, 0.1) is 4.77 Å². The summed E-state index contributed by atoms with van der Waals surface area (Å²) < 4.78 is 1.99. The Morgan fingerprint density at radius 3 is 2.70 bits per heavy atom. The molecule has 0 amide bonds. The second kappa shape index (κ2) is 6.93. The van der Waals surface area contributed by atoms with Crippen LogP contribution in [0.25, 0.3) is 17.6 Å². The van der Waals surface area contributed by atoms with E-state index in [0.29, 0.717) is 16.3 Å². The summed E-state index contributed by atoms with van der Waals surface area (Å²) in [5.74, 6) is 0.583. The van der Waals surface area contributed by atoms with Crippen LogP contribution in [0.4, 0.5) is 0 Å². The Bertz CT molecular complexity index is 891. The van der Waals surface area contributed by atoms with E-state index in [4.69, 9.17) is 12.2 Å². The average molecular weight is 321 g/mol. The molecule has 1 N–H and O–H groups in total. The fourth-order valence-electron chi connectivity index (χ4n) is 2.06. The molecule has 0 bridgehead atoms. The van der Waals surface area contributed by atoms with Crippen LogP contribution in [0.3, 0.4) is 0 Å². The summed E-state index contributed by atoms with van der Waals surface area (Å²) in [6.07, 6.45) is 5.51. The first-order valence-electron chi connectivity index (χ1n) is 7.10. The Morgan fingerprint density at radius 1 is 1.17 bits per heavy atom. The fourth-order valence-corrected chi connectivity index (χ4v) is 2.24. The van der Waals surface area contributed by atoms with Crippen LogP contribution in [0.1, 0.15) is 12.5 Å². The number of nitrogens with zero attached hydrogens (tertiary/aromatic N) is 4. The molecule has 0 aliphatic rings. The van der Waals surface area contributed by atoms with Crippen molar-refractivity contribution < 1.29 is 0 Å². The number of hydrogen-bond acceptors (Lipinski definition) is 4. The SMILES string of the molecule is CC(=Cc1ccccc1)/C=N\n1c(-c2ccccn2)n[nH]c1=S. The Balaban J connectivity index is 1.90. The number of aromatic nitrogens is 4. The first-order valence-corrected chi connectivity index (χ1v) is 7.51. The fraction of sp³-hybridized carbons (Fsp3) is 0.0588. The van der Waals surface area contributed by atoms with Crippen LogP contribution < -0.4 is 0 Å². The molecule has 0 spiro atoms. The van der Waals surface area contributed by atoms with E-state index in [1.54, 1.807) is 17.1 Å². The van der Waals surface area contributed by atoms with Gasteiger partial charge in [-0.15, -0.1) is 0 Å². The second-order valence-electron chi connectivity index (χ2n) is 4.92. The minimum absolute atomic E-state index is 0.425. The lowest BCUT2D eigenvalue weighted by Gasteiger charge is -2.00. The molecule has 0 saturated heterocycles. The highest BCUT2D eigenvalue weighted by Gasteiger charge is 2.08. The molecule has 0 fully saturated rings. The van der Waals surface area contributed by atoms with Gasteiger partial charge in [-0.25, -0.2) is 5.10 Å². The highest BCUT2D eigenvalue weighted by Crippen LogP contribution is 2.13. The van der Waals surface area contributed by atoms with Gasteiger partial charge in [-0.3, -0.25) is 4.98 Å². The molecule has 0 atom stereocenters. The number of benzene rings is 1. The zero-order chi connectivity index (χ0) is 16.1. The van der Waals surface area contributed by atoms with E-state index < -0.39 is 0 Å². The van der Waals surface area contributed by atoms with E-state index >= 15 is 0 Å². The third-order valence-electron chi connectivity index (χ3n) is 3.12. The summed E-state index contributed by atoms with van der Waals surface area (Å²) >= 11 is 5.24. The molecular weight excluding hydrogens is 306 g/mol. The normalized spacial score (nSPS) is 12.0. The first-order chi connectivity index (χ1) is 11.2. The van der Waals surface area contributed by atoms with E-state index in [-0.39, 0.29) is 0 Å². The second-order valence-corrected chi connectivity index (χ2v) is 5.31. The number of hydrogen-bond donors (Lipinski definition) is 1. The molecule has 0 radical (unpaired) electrons. The zero-order valence-corrected chi connectivity index (χ0v) is 13.4. The Hall–Kier alpha value is -2.86. The Kier molecular flexibility index (Phi) is 4.54. The summed E-state index contributed by atoms with van der Waals surface area (Å²) in [5, 5.41) is 11.4. The number of rotatable bonds is 4. The molecule has 0 saturated carbocycles. The smallest absolute Gasteiger partial charge is 0.216 e. The number of allylic oxidation sites excluding steroid dienone is 1. The first kappa shape index (κ1) is 15.1. The summed E-state index contributed by atoms with van der Waals surface area (Å²) in [7, 11) is 0. The van der Waals surface area contributed by atoms with E-state index in [1.165, 1.54) is 0 Å². The van der Waals surface area contributed by atoms with Gasteiger partial charge >= 0.3 is 0 Å². The number of aromatic amines is 1. The van der Waals surface area contributed by atoms with Crippen molar-refractivity contribution in [3.05, 3.63) is 70.6 Å². The Labute approximate surface area is 139 Å². The van der Waals surface area contributed by atoms with Crippen molar-refractivity contribution in [2.45, 2.75) is 6.92 Å². The monoisotopic (exact) mass is 321 g/mol. The third-order valence-corrected chi connectivity index (χ3v) is 3.38. The quantitative estimate of drug-likeness (QED) is 0.585. The van der Waals surface area contributed by atoms with Gasteiger partial charge in [0, 0.05) is 6.20 Å². The maximum absolute atomic E-state index is 5.24. The molecule has 114 valence electrons. The molecule has 0 unspecified atom stereocenters. The average Bonchev–Trinajstić information content (AvgIpc) is 2.95. The van der Waals surface area contributed by atoms with Crippen molar-refractivity contribution in [2.75, 3.05) is 0 Å². The van der Waals surface area contributed by atoms with E-state index in [9.17, 15) is 0 Å². The zero-order valence-electron chi connectivity index (χ0n) is 12.5.